The zero-order valence-electron chi connectivity index (χ0n) is 24.5. The summed E-state index contributed by atoms with van der Waals surface area (Å²) in [6.07, 6.45) is 0. The fourth-order valence-electron chi connectivity index (χ4n) is 3.76. The number of esters is 2. The molecule has 2 atom stereocenters. The molecule has 0 bridgehead atoms. The Balaban J connectivity index is 1.72. The van der Waals surface area contributed by atoms with Crippen LogP contribution in [0.25, 0.3) is 0 Å². The first kappa shape index (κ1) is 35.3. The van der Waals surface area contributed by atoms with E-state index in [-0.39, 0.29) is 45.4 Å². The minimum Gasteiger partial charge on any atom is -0.507 e. The van der Waals surface area contributed by atoms with Crippen LogP contribution in [0.15, 0.2) is 72.8 Å². The summed E-state index contributed by atoms with van der Waals surface area (Å²) in [5.74, 6) is -4.75. The number of nitrogens with two attached hydrogens (primary N) is 1. The number of ether oxygens (including phenoxy) is 2. The third kappa shape index (κ3) is 10.2. The van der Waals surface area contributed by atoms with Crippen molar-refractivity contribution in [1.82, 2.24) is 10.6 Å². The predicted molar refractivity (Wildman–Crippen MR) is 170 cm³/mol. The lowest BCUT2D eigenvalue weighted by atomic mass is 10.2. The van der Waals surface area contributed by atoms with Crippen molar-refractivity contribution in [2.45, 2.75) is 25.9 Å². The zero-order valence-corrected chi connectivity index (χ0v) is 26.1. The van der Waals surface area contributed by atoms with Crippen molar-refractivity contribution in [3.8, 4) is 17.2 Å². The molecule has 0 saturated heterocycles. The fraction of sp³-hybridized carbons (Fsp3) is 0.194. The topological polar surface area (TPSA) is 208 Å². The number of phenols is 1. The maximum absolute atomic E-state index is 13.2. The van der Waals surface area contributed by atoms with Crippen LogP contribution < -0.4 is 25.8 Å². The zero-order chi connectivity index (χ0) is 33.8. The Morgan fingerprint density at radius 3 is 1.70 bits per heavy atom. The molecule has 0 heterocycles. The summed E-state index contributed by atoms with van der Waals surface area (Å²) in [7, 11) is 0. The molecule has 46 heavy (non-hydrogen) atoms. The van der Waals surface area contributed by atoms with Crippen LogP contribution in [0.2, 0.25) is 0 Å². The number of primary amides is 1. The lowest BCUT2D eigenvalue weighted by Crippen LogP contribution is -2.46. The molecule has 3 aromatic rings. The molecule has 0 aliphatic heterocycles. The summed E-state index contributed by atoms with van der Waals surface area (Å²) in [4.78, 5) is 86.6. The molecule has 0 aliphatic carbocycles. The highest BCUT2D eigenvalue weighted by molar-refractivity contribution is 8.15. The van der Waals surface area contributed by atoms with E-state index in [2.05, 4.69) is 10.6 Å². The molecule has 0 saturated carbocycles. The van der Waals surface area contributed by atoms with Crippen molar-refractivity contribution in [1.29, 1.82) is 0 Å². The molecular formula is C31H29N3O10S2. The Kier molecular flexibility index (Phi) is 12.9. The summed E-state index contributed by atoms with van der Waals surface area (Å²) in [6.45, 7) is 2.37. The van der Waals surface area contributed by atoms with Crippen LogP contribution in [0.3, 0.4) is 0 Å². The van der Waals surface area contributed by atoms with E-state index in [0.717, 1.165) is 0 Å². The molecule has 5 N–H and O–H groups in total. The minimum atomic E-state index is -1.15. The average Bonchev–Trinajstić information content (AvgIpc) is 3.01. The second-order valence-corrected chi connectivity index (χ2v) is 11.4. The molecule has 0 radical (unpaired) electrons. The van der Waals surface area contributed by atoms with Gasteiger partial charge in [-0.1, -0.05) is 59.9 Å². The van der Waals surface area contributed by atoms with Crippen LogP contribution in [0.5, 0.6) is 17.2 Å². The van der Waals surface area contributed by atoms with Crippen molar-refractivity contribution in [3.63, 3.8) is 0 Å². The summed E-state index contributed by atoms with van der Waals surface area (Å²) >= 11 is 1.33. The molecule has 240 valence electrons. The van der Waals surface area contributed by atoms with E-state index in [9.17, 15) is 38.7 Å². The van der Waals surface area contributed by atoms with Crippen molar-refractivity contribution in [3.05, 3.63) is 89.5 Å². The van der Waals surface area contributed by atoms with Crippen molar-refractivity contribution < 1.29 is 48.1 Å². The number of benzene rings is 3. The molecule has 0 aliphatic rings. The summed E-state index contributed by atoms with van der Waals surface area (Å²) < 4.78 is 10.9. The van der Waals surface area contributed by atoms with Gasteiger partial charge in [0.05, 0.1) is 5.56 Å². The first-order valence-electron chi connectivity index (χ1n) is 13.4. The molecule has 13 nitrogen and oxygen atoms in total. The monoisotopic (exact) mass is 667 g/mol. The van der Waals surface area contributed by atoms with Crippen molar-refractivity contribution in [2.24, 2.45) is 5.73 Å². The number of para-hydroxylation sites is 3. The quantitative estimate of drug-likeness (QED) is 0.153. The van der Waals surface area contributed by atoms with E-state index in [1.165, 1.54) is 86.6 Å². The molecular weight excluding hydrogens is 638 g/mol. The van der Waals surface area contributed by atoms with E-state index in [1.807, 2.05) is 0 Å². The highest BCUT2D eigenvalue weighted by Gasteiger charge is 2.27. The van der Waals surface area contributed by atoms with Gasteiger partial charge in [-0.3, -0.25) is 24.0 Å². The number of aromatic hydroxyl groups is 1. The molecule has 3 amide bonds. The first-order chi connectivity index (χ1) is 21.9. The Bertz CT molecular complexity index is 1660. The molecule has 3 rings (SSSR count). The SMILES string of the molecule is CC(=O)NC(CSC(=O)C(CSC(=O)c1ccccc1OC(=O)c1ccccc1OC(=O)c1ccccc1O)NC(C)=O)C(N)=O. The van der Waals surface area contributed by atoms with Gasteiger partial charge in [0.15, 0.2) is 0 Å². The van der Waals surface area contributed by atoms with Crippen molar-refractivity contribution >= 4 is 63.4 Å². The number of carbonyl (C=O) groups is 7. The summed E-state index contributed by atoms with van der Waals surface area (Å²) in [5, 5.41) is 13.6. The van der Waals surface area contributed by atoms with Gasteiger partial charge in [0, 0.05) is 25.4 Å². The number of amides is 3. The van der Waals surface area contributed by atoms with E-state index in [1.54, 1.807) is 0 Å². The van der Waals surface area contributed by atoms with Crippen LogP contribution in [0.4, 0.5) is 0 Å². The first-order valence-corrected chi connectivity index (χ1v) is 15.4. The largest absolute Gasteiger partial charge is 0.507 e. The van der Waals surface area contributed by atoms with Crippen LogP contribution in [-0.4, -0.2) is 68.6 Å². The minimum absolute atomic E-state index is 0.0225. The number of hydrogen-bond acceptors (Lipinski definition) is 12. The molecule has 0 aromatic heterocycles. The Hall–Kier alpha value is -5.15. The lowest BCUT2D eigenvalue weighted by molar-refractivity contribution is -0.125. The number of rotatable bonds is 13. The van der Waals surface area contributed by atoms with Gasteiger partial charge in [0.25, 0.3) is 0 Å². The highest BCUT2D eigenvalue weighted by Crippen LogP contribution is 2.28. The van der Waals surface area contributed by atoms with E-state index in [4.69, 9.17) is 15.2 Å². The van der Waals surface area contributed by atoms with Gasteiger partial charge in [0.1, 0.15) is 40.5 Å². The fourth-order valence-corrected chi connectivity index (χ4v) is 5.67. The number of hydrogen-bond donors (Lipinski definition) is 4. The van der Waals surface area contributed by atoms with Gasteiger partial charge in [-0.05, 0) is 36.4 Å². The normalized spacial score (nSPS) is 11.8. The van der Waals surface area contributed by atoms with Crippen LogP contribution in [-0.2, 0) is 19.2 Å². The molecule has 15 heteroatoms. The standard InChI is InChI=1S/C31H29N3O10S2/c1-17(35)33-22(27(32)38)15-46-31(42)23(34-18(2)36)16-45-30(41)21-11-5-8-14-26(21)44-29(40)20-10-4-7-13-25(20)43-28(39)19-9-3-6-12-24(19)37/h3-14,22-23,37H,15-16H2,1-2H3,(H2,32,38)(H,33,35)(H,34,36). The van der Waals surface area contributed by atoms with Gasteiger partial charge in [-0.2, -0.15) is 0 Å². The second-order valence-electron chi connectivity index (χ2n) is 9.43. The van der Waals surface area contributed by atoms with E-state index < -0.39 is 52.0 Å². The highest BCUT2D eigenvalue weighted by atomic mass is 32.2. The molecule has 0 spiro atoms. The van der Waals surface area contributed by atoms with Crippen LogP contribution in [0, 0.1) is 0 Å². The van der Waals surface area contributed by atoms with Crippen molar-refractivity contribution in [2.75, 3.05) is 11.5 Å². The molecule has 3 aromatic carbocycles. The van der Waals surface area contributed by atoms with Gasteiger partial charge < -0.3 is 30.9 Å². The number of carbonyl (C=O) groups excluding carboxylic acids is 7. The molecule has 0 fully saturated rings. The van der Waals surface area contributed by atoms with Gasteiger partial charge in [0.2, 0.25) is 28.0 Å². The maximum Gasteiger partial charge on any atom is 0.347 e. The summed E-state index contributed by atoms with van der Waals surface area (Å²) in [6, 6.07) is 15.0. The Labute approximate surface area is 271 Å². The Morgan fingerprint density at radius 1 is 0.674 bits per heavy atom. The maximum atomic E-state index is 13.2. The smallest absolute Gasteiger partial charge is 0.347 e. The third-order valence-electron chi connectivity index (χ3n) is 5.90. The Morgan fingerprint density at radius 2 is 1.13 bits per heavy atom. The van der Waals surface area contributed by atoms with Crippen LogP contribution >= 0.6 is 23.5 Å². The number of thioether (sulfide) groups is 2. The lowest BCUT2D eigenvalue weighted by Gasteiger charge is -2.18. The predicted octanol–water partition coefficient (Wildman–Crippen LogP) is 2.46. The third-order valence-corrected chi connectivity index (χ3v) is 7.95. The summed E-state index contributed by atoms with van der Waals surface area (Å²) in [5.41, 5.74) is 5.00. The van der Waals surface area contributed by atoms with Gasteiger partial charge in [-0.25, -0.2) is 9.59 Å². The van der Waals surface area contributed by atoms with Crippen LogP contribution in [0.1, 0.15) is 44.9 Å². The average molecular weight is 668 g/mol. The molecule has 2 unspecified atom stereocenters. The number of phenolic OH excluding ortho intramolecular Hbond substituents is 1. The van der Waals surface area contributed by atoms with E-state index >= 15 is 0 Å². The van der Waals surface area contributed by atoms with Gasteiger partial charge >= 0.3 is 11.9 Å². The second kappa shape index (κ2) is 16.8. The van der Waals surface area contributed by atoms with E-state index in [0.29, 0.717) is 23.5 Å². The van der Waals surface area contributed by atoms with Gasteiger partial charge in [-0.15, -0.1) is 0 Å². The number of nitrogens with one attached hydrogen (secondary N) is 2.